The summed E-state index contributed by atoms with van der Waals surface area (Å²) in [5, 5.41) is 17.0. The standard InChI is InChI=1S/C19H21FN2O4.C3H5N.C2H6/c1-10-5-6-21(8-10)16-14(20)7-12-15(18(16)26-2)22(11-3-4-11)9-13(17(12)23)19(24)25;1-2-3-4;1-2/h7,9-11H,3-6,8H2,1-2H3,(H,24,25);2H2,1H3;1-2H3. The fourth-order valence-electron chi connectivity index (χ4n) is 3.86. The van der Waals surface area contributed by atoms with E-state index in [0.29, 0.717) is 29.3 Å². The quantitative estimate of drug-likeness (QED) is 0.713. The van der Waals surface area contributed by atoms with Crippen LogP contribution >= 0.6 is 0 Å². The minimum absolute atomic E-state index is 0.0575. The number of fused-ring (bicyclic) bond motifs is 1. The fourth-order valence-corrected chi connectivity index (χ4v) is 3.86. The molecule has 1 aliphatic carbocycles. The van der Waals surface area contributed by atoms with Gasteiger partial charge in [-0.1, -0.05) is 27.7 Å². The van der Waals surface area contributed by atoms with Crippen molar-refractivity contribution in [2.24, 2.45) is 5.92 Å². The van der Waals surface area contributed by atoms with Crippen LogP contribution < -0.4 is 15.1 Å². The molecule has 32 heavy (non-hydrogen) atoms. The van der Waals surface area contributed by atoms with E-state index < -0.39 is 17.2 Å². The van der Waals surface area contributed by atoms with Crippen LogP contribution in [0.3, 0.4) is 0 Å². The summed E-state index contributed by atoms with van der Waals surface area (Å²) >= 11 is 0. The minimum atomic E-state index is -1.30. The molecule has 4 rings (SSSR count). The van der Waals surface area contributed by atoms with Gasteiger partial charge in [-0.15, -0.1) is 0 Å². The van der Waals surface area contributed by atoms with Crippen molar-refractivity contribution in [2.45, 2.75) is 59.4 Å². The van der Waals surface area contributed by atoms with Gasteiger partial charge < -0.3 is 19.3 Å². The van der Waals surface area contributed by atoms with Gasteiger partial charge in [-0.05, 0) is 31.2 Å². The van der Waals surface area contributed by atoms with Gasteiger partial charge in [0.1, 0.15) is 11.3 Å². The second-order valence-corrected chi connectivity index (χ2v) is 7.80. The van der Waals surface area contributed by atoms with Gasteiger partial charge in [0.2, 0.25) is 5.43 Å². The minimum Gasteiger partial charge on any atom is -0.492 e. The first-order valence-corrected chi connectivity index (χ1v) is 11.1. The number of carboxylic acid groups (broad SMARTS) is 1. The molecule has 2 heterocycles. The summed E-state index contributed by atoms with van der Waals surface area (Å²) in [5.74, 6) is -1.08. The predicted octanol–water partition coefficient (Wildman–Crippen LogP) is 4.97. The van der Waals surface area contributed by atoms with Gasteiger partial charge in [-0.3, -0.25) is 4.79 Å². The number of nitrogens with zero attached hydrogens (tertiary/aromatic N) is 3. The smallest absolute Gasteiger partial charge is 0.341 e. The molecule has 1 unspecified atom stereocenters. The van der Waals surface area contributed by atoms with Gasteiger partial charge >= 0.3 is 5.97 Å². The number of benzene rings is 1. The van der Waals surface area contributed by atoms with Crippen molar-refractivity contribution in [3.05, 3.63) is 33.9 Å². The lowest BCUT2D eigenvalue weighted by Crippen LogP contribution is -2.24. The van der Waals surface area contributed by atoms with Gasteiger partial charge in [0, 0.05) is 31.7 Å². The molecular formula is C24H32FN3O4. The molecule has 0 amide bonds. The normalized spacial score (nSPS) is 17.0. The van der Waals surface area contributed by atoms with E-state index in [9.17, 15) is 19.1 Å². The highest BCUT2D eigenvalue weighted by atomic mass is 19.1. The molecule has 7 nitrogen and oxygen atoms in total. The van der Waals surface area contributed by atoms with E-state index in [2.05, 4.69) is 6.92 Å². The number of halogens is 1. The van der Waals surface area contributed by atoms with E-state index >= 15 is 0 Å². The Morgan fingerprint density at radius 2 is 1.97 bits per heavy atom. The fraction of sp³-hybridized carbons (Fsp3) is 0.542. The van der Waals surface area contributed by atoms with Crippen LogP contribution in [-0.4, -0.2) is 35.8 Å². The van der Waals surface area contributed by atoms with E-state index in [1.54, 1.807) is 4.57 Å². The number of hydrogen-bond donors (Lipinski definition) is 1. The third-order valence-corrected chi connectivity index (χ3v) is 5.47. The highest BCUT2D eigenvalue weighted by Gasteiger charge is 2.32. The second-order valence-electron chi connectivity index (χ2n) is 7.80. The van der Waals surface area contributed by atoms with Crippen molar-refractivity contribution < 1.29 is 19.0 Å². The van der Waals surface area contributed by atoms with Gasteiger partial charge in [0.05, 0.1) is 24.1 Å². The Labute approximate surface area is 188 Å². The molecule has 0 spiro atoms. The molecule has 1 saturated heterocycles. The molecule has 1 aliphatic heterocycles. The van der Waals surface area contributed by atoms with E-state index in [0.717, 1.165) is 32.4 Å². The molecule has 1 aromatic heterocycles. The molecule has 1 N–H and O–H groups in total. The summed E-state index contributed by atoms with van der Waals surface area (Å²) in [5.41, 5.74) is -0.168. The van der Waals surface area contributed by atoms with Gasteiger partial charge in [0.15, 0.2) is 11.6 Å². The van der Waals surface area contributed by atoms with Gasteiger partial charge in [0.25, 0.3) is 0 Å². The summed E-state index contributed by atoms with van der Waals surface area (Å²) in [6, 6.07) is 3.21. The van der Waals surface area contributed by atoms with E-state index in [-0.39, 0.29) is 17.0 Å². The summed E-state index contributed by atoms with van der Waals surface area (Å²) in [7, 11) is 1.46. The van der Waals surface area contributed by atoms with Crippen LogP contribution in [-0.2, 0) is 0 Å². The lowest BCUT2D eigenvalue weighted by atomic mass is 10.1. The highest BCUT2D eigenvalue weighted by molar-refractivity contribution is 5.97. The zero-order chi connectivity index (χ0) is 24.0. The molecule has 1 aromatic carbocycles. The number of pyridine rings is 1. The number of aromatic nitrogens is 1. The number of carbonyl (C=O) groups is 1. The lowest BCUT2D eigenvalue weighted by molar-refractivity contribution is 0.0694. The van der Waals surface area contributed by atoms with Crippen LogP contribution in [0.5, 0.6) is 5.75 Å². The monoisotopic (exact) mass is 445 g/mol. The van der Waals surface area contributed by atoms with Crippen LogP contribution in [0.25, 0.3) is 10.9 Å². The highest BCUT2D eigenvalue weighted by Crippen LogP contribution is 2.44. The van der Waals surface area contributed by atoms with Crippen molar-refractivity contribution in [2.75, 3.05) is 25.1 Å². The summed E-state index contributed by atoms with van der Waals surface area (Å²) in [6.07, 6.45) is 4.76. The summed E-state index contributed by atoms with van der Waals surface area (Å²) < 4.78 is 22.3. The third-order valence-electron chi connectivity index (χ3n) is 5.47. The Morgan fingerprint density at radius 1 is 1.34 bits per heavy atom. The Balaban J connectivity index is 0.000000547. The zero-order valence-corrected chi connectivity index (χ0v) is 19.4. The topological polar surface area (TPSA) is 95.6 Å². The molecule has 8 heteroatoms. The molecule has 1 saturated carbocycles. The zero-order valence-electron chi connectivity index (χ0n) is 19.4. The number of rotatable bonds is 4. The summed E-state index contributed by atoms with van der Waals surface area (Å²) in [6.45, 7) is 9.38. The Bertz CT molecular complexity index is 1070. The Kier molecular flexibility index (Phi) is 8.64. The molecular weight excluding hydrogens is 413 g/mol. The predicted molar refractivity (Wildman–Crippen MR) is 123 cm³/mol. The number of methoxy groups -OCH3 is 1. The maximum atomic E-state index is 15.0. The van der Waals surface area contributed by atoms with Crippen LogP contribution in [0.2, 0.25) is 0 Å². The van der Waals surface area contributed by atoms with Crippen molar-refractivity contribution in [3.63, 3.8) is 0 Å². The number of hydrogen-bond acceptors (Lipinski definition) is 5. The average Bonchev–Trinajstić information content (AvgIpc) is 3.55. The largest absolute Gasteiger partial charge is 0.492 e. The maximum Gasteiger partial charge on any atom is 0.341 e. The van der Waals surface area contributed by atoms with Crippen molar-refractivity contribution in [1.82, 2.24) is 4.57 Å². The second kappa shape index (κ2) is 11.0. The van der Waals surface area contributed by atoms with Crippen LogP contribution in [0.15, 0.2) is 17.1 Å². The third kappa shape index (κ3) is 5.04. The number of carboxylic acids is 1. The van der Waals surface area contributed by atoms with Crippen LogP contribution in [0.1, 0.15) is 69.8 Å². The number of aromatic carboxylic acids is 1. The average molecular weight is 446 g/mol. The molecule has 0 radical (unpaired) electrons. The SMILES string of the molecule is CC.CCC#N.COc1c(N2CCC(C)C2)c(F)cc2c(=O)c(C(=O)O)cn(C3CC3)c12. The number of ether oxygens (including phenoxy) is 1. The Morgan fingerprint density at radius 3 is 2.41 bits per heavy atom. The Hall–Kier alpha value is -3.08. The van der Waals surface area contributed by atoms with Crippen LogP contribution in [0, 0.1) is 23.1 Å². The maximum absolute atomic E-state index is 15.0. The first-order chi connectivity index (χ1) is 15.3. The summed E-state index contributed by atoms with van der Waals surface area (Å²) in [4.78, 5) is 26.1. The first kappa shape index (κ1) is 25.2. The van der Waals surface area contributed by atoms with E-state index in [4.69, 9.17) is 10.00 Å². The molecule has 0 bridgehead atoms. The van der Waals surface area contributed by atoms with Crippen LogP contribution in [0.4, 0.5) is 10.1 Å². The molecule has 2 aliphatic rings. The van der Waals surface area contributed by atoms with Gasteiger partial charge in [-0.2, -0.15) is 5.26 Å². The number of nitriles is 1. The molecule has 1 atom stereocenters. The first-order valence-electron chi connectivity index (χ1n) is 11.1. The molecule has 174 valence electrons. The molecule has 2 fully saturated rings. The van der Waals surface area contributed by atoms with E-state index in [1.165, 1.54) is 19.4 Å². The number of anilines is 1. The van der Waals surface area contributed by atoms with Crippen molar-refractivity contribution >= 4 is 22.6 Å². The lowest BCUT2D eigenvalue weighted by Gasteiger charge is -2.24. The molecule has 2 aromatic rings. The van der Waals surface area contributed by atoms with Crippen molar-refractivity contribution in [1.29, 1.82) is 5.26 Å². The van der Waals surface area contributed by atoms with E-state index in [1.807, 2.05) is 31.7 Å². The van der Waals surface area contributed by atoms with Crippen molar-refractivity contribution in [3.8, 4) is 11.8 Å². The van der Waals surface area contributed by atoms with Gasteiger partial charge in [-0.25, -0.2) is 9.18 Å².